The highest BCUT2D eigenvalue weighted by Gasteiger charge is 2.10. The Hall–Kier alpha value is -0.530. The fourth-order valence-corrected chi connectivity index (χ4v) is 1.90. The predicted octanol–water partition coefficient (Wildman–Crippen LogP) is 3.23. The zero-order valence-corrected chi connectivity index (χ0v) is 9.15. The Morgan fingerprint density at radius 3 is 2.46 bits per heavy atom. The molecule has 0 aliphatic rings. The molecule has 0 atom stereocenters. The minimum absolute atomic E-state index is 0.484. The van der Waals surface area contributed by atoms with Crippen LogP contribution in [0.2, 0.25) is 5.02 Å². The molecular formula is C11H16ClN. The highest BCUT2D eigenvalue weighted by atomic mass is 35.5. The van der Waals surface area contributed by atoms with Gasteiger partial charge in [-0.1, -0.05) is 31.5 Å². The molecule has 0 saturated carbocycles. The van der Waals surface area contributed by atoms with Crippen LogP contribution in [-0.2, 0) is 6.54 Å². The number of hydrogen-bond acceptors (Lipinski definition) is 1. The molecule has 2 N–H and O–H groups in total. The summed E-state index contributed by atoms with van der Waals surface area (Å²) in [5.41, 5.74) is 9.34. The molecule has 0 radical (unpaired) electrons. The summed E-state index contributed by atoms with van der Waals surface area (Å²) in [5.74, 6) is 0.484. The van der Waals surface area contributed by atoms with Crippen LogP contribution in [-0.4, -0.2) is 0 Å². The molecule has 0 aliphatic heterocycles. The van der Waals surface area contributed by atoms with E-state index in [1.165, 1.54) is 16.7 Å². The molecule has 0 saturated heterocycles. The molecule has 0 heterocycles. The van der Waals surface area contributed by atoms with E-state index < -0.39 is 0 Å². The largest absolute Gasteiger partial charge is 0.326 e. The van der Waals surface area contributed by atoms with Gasteiger partial charge in [0, 0.05) is 11.6 Å². The Bertz CT molecular complexity index is 305. The van der Waals surface area contributed by atoms with Crippen molar-refractivity contribution in [2.45, 2.75) is 33.2 Å². The minimum atomic E-state index is 0.484. The van der Waals surface area contributed by atoms with E-state index >= 15 is 0 Å². The van der Waals surface area contributed by atoms with Gasteiger partial charge < -0.3 is 5.73 Å². The van der Waals surface area contributed by atoms with Gasteiger partial charge in [0.05, 0.1) is 0 Å². The maximum atomic E-state index is 6.05. The van der Waals surface area contributed by atoms with Gasteiger partial charge in [-0.25, -0.2) is 0 Å². The third-order valence-electron chi connectivity index (χ3n) is 2.34. The molecule has 0 fully saturated rings. The van der Waals surface area contributed by atoms with Crippen LogP contribution in [0.4, 0.5) is 0 Å². The van der Waals surface area contributed by atoms with Gasteiger partial charge in [0.25, 0.3) is 0 Å². The van der Waals surface area contributed by atoms with Crippen molar-refractivity contribution in [3.05, 3.63) is 33.8 Å². The van der Waals surface area contributed by atoms with Crippen LogP contribution in [0, 0.1) is 6.92 Å². The van der Waals surface area contributed by atoms with E-state index in [1.807, 2.05) is 12.1 Å². The third kappa shape index (κ3) is 2.04. The molecule has 0 aliphatic carbocycles. The molecule has 1 rings (SSSR count). The van der Waals surface area contributed by atoms with Crippen molar-refractivity contribution in [3.63, 3.8) is 0 Å². The minimum Gasteiger partial charge on any atom is -0.326 e. The SMILES string of the molecule is Cc1c(Cl)ccc(CN)c1C(C)C. The summed E-state index contributed by atoms with van der Waals surface area (Å²) in [5, 5.41) is 0.834. The van der Waals surface area contributed by atoms with E-state index in [9.17, 15) is 0 Å². The van der Waals surface area contributed by atoms with Crippen molar-refractivity contribution >= 4 is 11.6 Å². The van der Waals surface area contributed by atoms with Crippen molar-refractivity contribution in [1.29, 1.82) is 0 Å². The van der Waals surface area contributed by atoms with E-state index in [2.05, 4.69) is 20.8 Å². The Morgan fingerprint density at radius 2 is 2.00 bits per heavy atom. The highest BCUT2D eigenvalue weighted by Crippen LogP contribution is 2.28. The lowest BCUT2D eigenvalue weighted by molar-refractivity contribution is 0.829. The summed E-state index contributed by atoms with van der Waals surface area (Å²) in [6.45, 7) is 6.97. The van der Waals surface area contributed by atoms with E-state index in [0.717, 1.165) is 5.02 Å². The summed E-state index contributed by atoms with van der Waals surface area (Å²) in [6.07, 6.45) is 0. The van der Waals surface area contributed by atoms with E-state index in [-0.39, 0.29) is 0 Å². The first kappa shape index (κ1) is 10.6. The normalized spacial score (nSPS) is 10.9. The van der Waals surface area contributed by atoms with Crippen LogP contribution in [0.3, 0.4) is 0 Å². The second kappa shape index (κ2) is 4.12. The molecule has 0 aromatic heterocycles. The van der Waals surface area contributed by atoms with Crippen LogP contribution in [0.15, 0.2) is 12.1 Å². The van der Waals surface area contributed by atoms with Gasteiger partial charge in [0.15, 0.2) is 0 Å². The fourth-order valence-electron chi connectivity index (χ4n) is 1.74. The number of halogens is 1. The van der Waals surface area contributed by atoms with Gasteiger partial charge in [-0.2, -0.15) is 0 Å². The van der Waals surface area contributed by atoms with Gasteiger partial charge in [-0.3, -0.25) is 0 Å². The lowest BCUT2D eigenvalue weighted by Gasteiger charge is -2.15. The van der Waals surface area contributed by atoms with E-state index in [4.69, 9.17) is 17.3 Å². The van der Waals surface area contributed by atoms with Crippen LogP contribution in [0.1, 0.15) is 36.5 Å². The fraction of sp³-hybridized carbons (Fsp3) is 0.455. The molecule has 0 spiro atoms. The zero-order valence-electron chi connectivity index (χ0n) is 8.39. The van der Waals surface area contributed by atoms with Crippen LogP contribution in [0.5, 0.6) is 0 Å². The number of nitrogens with two attached hydrogens (primary N) is 1. The number of hydrogen-bond donors (Lipinski definition) is 1. The molecule has 72 valence electrons. The summed E-state index contributed by atoms with van der Waals surface area (Å²) in [4.78, 5) is 0. The second-order valence-corrected chi connectivity index (χ2v) is 4.01. The second-order valence-electron chi connectivity index (χ2n) is 3.60. The first-order valence-corrected chi connectivity index (χ1v) is 4.93. The Labute approximate surface area is 84.9 Å². The average molecular weight is 198 g/mol. The monoisotopic (exact) mass is 197 g/mol. The van der Waals surface area contributed by atoms with Gasteiger partial charge >= 0.3 is 0 Å². The van der Waals surface area contributed by atoms with Crippen molar-refractivity contribution in [1.82, 2.24) is 0 Å². The molecule has 1 aromatic rings. The zero-order chi connectivity index (χ0) is 10.0. The number of rotatable bonds is 2. The van der Waals surface area contributed by atoms with E-state index in [0.29, 0.717) is 12.5 Å². The standard InChI is InChI=1S/C11H16ClN/c1-7(2)11-8(3)10(12)5-4-9(11)6-13/h4-5,7H,6,13H2,1-3H3. The molecule has 2 heteroatoms. The topological polar surface area (TPSA) is 26.0 Å². The van der Waals surface area contributed by atoms with Crippen LogP contribution < -0.4 is 5.73 Å². The summed E-state index contributed by atoms with van der Waals surface area (Å²) < 4.78 is 0. The molecular weight excluding hydrogens is 182 g/mol. The molecule has 1 aromatic carbocycles. The van der Waals surface area contributed by atoms with Gasteiger partial charge in [-0.15, -0.1) is 0 Å². The third-order valence-corrected chi connectivity index (χ3v) is 2.75. The molecule has 0 bridgehead atoms. The van der Waals surface area contributed by atoms with Crippen LogP contribution >= 0.6 is 11.6 Å². The summed E-state index contributed by atoms with van der Waals surface area (Å²) >= 11 is 6.05. The highest BCUT2D eigenvalue weighted by molar-refractivity contribution is 6.31. The average Bonchev–Trinajstić information content (AvgIpc) is 2.08. The Balaban J connectivity index is 3.32. The smallest absolute Gasteiger partial charge is 0.0438 e. The lowest BCUT2D eigenvalue weighted by atomic mass is 9.93. The predicted molar refractivity (Wildman–Crippen MR) is 58.2 cm³/mol. The summed E-state index contributed by atoms with van der Waals surface area (Å²) in [7, 11) is 0. The maximum Gasteiger partial charge on any atom is 0.0438 e. The van der Waals surface area contributed by atoms with Crippen molar-refractivity contribution in [2.75, 3.05) is 0 Å². The molecule has 1 nitrogen and oxygen atoms in total. The first-order chi connectivity index (χ1) is 6.07. The van der Waals surface area contributed by atoms with Gasteiger partial charge in [0.1, 0.15) is 0 Å². The first-order valence-electron chi connectivity index (χ1n) is 4.55. The quantitative estimate of drug-likeness (QED) is 0.774. The molecule has 13 heavy (non-hydrogen) atoms. The maximum absolute atomic E-state index is 6.05. The van der Waals surface area contributed by atoms with Crippen LogP contribution in [0.25, 0.3) is 0 Å². The van der Waals surface area contributed by atoms with Crippen molar-refractivity contribution in [2.24, 2.45) is 5.73 Å². The Kier molecular flexibility index (Phi) is 3.34. The summed E-state index contributed by atoms with van der Waals surface area (Å²) in [6, 6.07) is 3.94. The van der Waals surface area contributed by atoms with Gasteiger partial charge in [-0.05, 0) is 35.6 Å². The molecule has 0 unspecified atom stereocenters. The number of benzene rings is 1. The lowest BCUT2D eigenvalue weighted by Crippen LogP contribution is -2.05. The van der Waals surface area contributed by atoms with Gasteiger partial charge in [0.2, 0.25) is 0 Å². The van der Waals surface area contributed by atoms with Crippen molar-refractivity contribution in [3.8, 4) is 0 Å². The molecule has 0 amide bonds. The van der Waals surface area contributed by atoms with Crippen molar-refractivity contribution < 1.29 is 0 Å². The Morgan fingerprint density at radius 1 is 1.38 bits per heavy atom. The van der Waals surface area contributed by atoms with E-state index in [1.54, 1.807) is 0 Å².